The lowest BCUT2D eigenvalue weighted by Gasteiger charge is -2.07. The molecule has 1 aromatic carbocycles. The third-order valence-corrected chi connectivity index (χ3v) is 2.23. The van der Waals surface area contributed by atoms with Crippen LogP contribution in [0.3, 0.4) is 0 Å². The van der Waals surface area contributed by atoms with Crippen molar-refractivity contribution in [1.29, 1.82) is 0 Å². The Morgan fingerprint density at radius 3 is 2.25 bits per heavy atom. The fourth-order valence-electron chi connectivity index (χ4n) is 1.50. The molecule has 0 saturated heterocycles. The van der Waals surface area contributed by atoms with Gasteiger partial charge in [0.15, 0.2) is 0 Å². The van der Waals surface area contributed by atoms with Crippen LogP contribution in [-0.4, -0.2) is 11.7 Å². The minimum absolute atomic E-state index is 0.285. The lowest BCUT2D eigenvalue weighted by molar-refractivity contribution is 0.288. The highest BCUT2D eigenvalue weighted by Crippen LogP contribution is 2.14. The molecule has 0 aliphatic rings. The van der Waals surface area contributed by atoms with E-state index in [2.05, 4.69) is 32.0 Å². The summed E-state index contributed by atoms with van der Waals surface area (Å²) < 4.78 is 0. The van der Waals surface area contributed by atoms with E-state index in [1.54, 1.807) is 0 Å². The Balaban J connectivity index is 2.81. The quantitative estimate of drug-likeness (QED) is 0.726. The lowest BCUT2D eigenvalue weighted by Crippen LogP contribution is -1.95. The molecule has 0 spiro atoms. The highest BCUT2D eigenvalue weighted by atomic mass is 16.2. The van der Waals surface area contributed by atoms with Crippen molar-refractivity contribution in [2.24, 2.45) is 0 Å². The van der Waals surface area contributed by atoms with Crippen LogP contribution in [0.15, 0.2) is 18.2 Å². The summed E-state index contributed by atoms with van der Waals surface area (Å²) in [6.07, 6.45) is 1.86. The molecule has 0 atom stereocenters. The molecule has 0 aliphatic heterocycles. The average Bonchev–Trinajstić information content (AvgIpc) is 2.04. The maximum Gasteiger partial charge on any atom is 0.0434 e. The van der Waals surface area contributed by atoms with Crippen molar-refractivity contribution < 1.29 is 5.11 Å². The molecule has 12 heavy (non-hydrogen) atoms. The molecule has 66 valence electrons. The molecule has 0 saturated carbocycles. The molecule has 0 unspecified atom stereocenters. The van der Waals surface area contributed by atoms with Crippen LogP contribution in [0.1, 0.15) is 23.1 Å². The van der Waals surface area contributed by atoms with Crippen LogP contribution in [0, 0.1) is 13.8 Å². The molecule has 0 aliphatic carbocycles. The van der Waals surface area contributed by atoms with E-state index in [1.165, 1.54) is 16.7 Å². The summed E-state index contributed by atoms with van der Waals surface area (Å²) in [6.45, 7) is 4.53. The molecular weight excluding hydrogens is 148 g/mol. The van der Waals surface area contributed by atoms with E-state index in [0.29, 0.717) is 0 Å². The van der Waals surface area contributed by atoms with Crippen LogP contribution in [0.2, 0.25) is 0 Å². The normalized spacial score (nSPS) is 10.2. The first-order chi connectivity index (χ1) is 5.75. The van der Waals surface area contributed by atoms with Crippen LogP contribution < -0.4 is 0 Å². The van der Waals surface area contributed by atoms with Gasteiger partial charge in [0.1, 0.15) is 0 Å². The van der Waals surface area contributed by atoms with Crippen molar-refractivity contribution >= 4 is 0 Å². The van der Waals surface area contributed by atoms with Gasteiger partial charge in [0, 0.05) is 6.61 Å². The molecule has 0 radical (unpaired) electrons. The van der Waals surface area contributed by atoms with Crippen molar-refractivity contribution in [2.45, 2.75) is 26.7 Å². The second-order valence-corrected chi connectivity index (χ2v) is 3.20. The molecule has 0 bridgehead atoms. The van der Waals surface area contributed by atoms with Gasteiger partial charge in [-0.15, -0.1) is 0 Å². The fourth-order valence-corrected chi connectivity index (χ4v) is 1.50. The monoisotopic (exact) mass is 164 g/mol. The van der Waals surface area contributed by atoms with E-state index in [4.69, 9.17) is 5.11 Å². The van der Waals surface area contributed by atoms with Crippen molar-refractivity contribution in [3.8, 4) is 0 Å². The maximum absolute atomic E-state index is 8.71. The van der Waals surface area contributed by atoms with E-state index >= 15 is 0 Å². The Morgan fingerprint density at radius 1 is 1.17 bits per heavy atom. The Bertz CT molecular complexity index is 233. The highest BCUT2D eigenvalue weighted by Gasteiger charge is 2.00. The Kier molecular flexibility index (Phi) is 3.30. The van der Waals surface area contributed by atoms with E-state index in [0.717, 1.165) is 12.8 Å². The van der Waals surface area contributed by atoms with Crippen LogP contribution >= 0.6 is 0 Å². The molecule has 0 fully saturated rings. The van der Waals surface area contributed by atoms with Crippen molar-refractivity contribution in [3.63, 3.8) is 0 Å². The van der Waals surface area contributed by atoms with Crippen molar-refractivity contribution in [2.75, 3.05) is 6.61 Å². The molecule has 1 aromatic rings. The van der Waals surface area contributed by atoms with Crippen LogP contribution in [0.5, 0.6) is 0 Å². The number of hydrogen-bond acceptors (Lipinski definition) is 1. The average molecular weight is 164 g/mol. The van der Waals surface area contributed by atoms with Gasteiger partial charge in [-0.05, 0) is 43.4 Å². The van der Waals surface area contributed by atoms with Gasteiger partial charge in [0.05, 0.1) is 0 Å². The minimum atomic E-state index is 0.285. The third-order valence-electron chi connectivity index (χ3n) is 2.23. The topological polar surface area (TPSA) is 20.2 Å². The Hall–Kier alpha value is -0.820. The van der Waals surface area contributed by atoms with Gasteiger partial charge in [0.2, 0.25) is 0 Å². The summed E-state index contributed by atoms with van der Waals surface area (Å²) in [5, 5.41) is 8.71. The molecular formula is C11H16O. The van der Waals surface area contributed by atoms with E-state index in [9.17, 15) is 0 Å². The van der Waals surface area contributed by atoms with Gasteiger partial charge >= 0.3 is 0 Å². The predicted molar refractivity (Wildman–Crippen MR) is 51.3 cm³/mol. The number of hydrogen-bond donors (Lipinski definition) is 1. The van der Waals surface area contributed by atoms with Gasteiger partial charge in [-0.2, -0.15) is 0 Å². The summed E-state index contributed by atoms with van der Waals surface area (Å²) in [7, 11) is 0. The zero-order chi connectivity index (χ0) is 8.97. The van der Waals surface area contributed by atoms with Crippen LogP contribution in [-0.2, 0) is 6.42 Å². The summed E-state index contributed by atoms with van der Waals surface area (Å²) in [4.78, 5) is 0. The molecule has 1 heteroatoms. The number of aliphatic hydroxyl groups is 1. The number of benzene rings is 1. The van der Waals surface area contributed by atoms with E-state index < -0.39 is 0 Å². The predicted octanol–water partition coefficient (Wildman–Crippen LogP) is 2.23. The highest BCUT2D eigenvalue weighted by molar-refractivity contribution is 5.33. The SMILES string of the molecule is Cc1cccc(C)c1CCCO. The Morgan fingerprint density at radius 2 is 1.75 bits per heavy atom. The molecule has 1 N–H and O–H groups in total. The molecule has 0 amide bonds. The standard InChI is InChI=1S/C11H16O/c1-9-5-3-6-10(2)11(9)7-4-8-12/h3,5-6,12H,4,7-8H2,1-2H3. The number of aliphatic hydroxyl groups excluding tert-OH is 1. The van der Waals surface area contributed by atoms with Gasteiger partial charge in [-0.25, -0.2) is 0 Å². The first-order valence-corrected chi connectivity index (χ1v) is 4.41. The summed E-state index contributed by atoms with van der Waals surface area (Å²) in [6, 6.07) is 6.33. The first-order valence-electron chi connectivity index (χ1n) is 4.41. The van der Waals surface area contributed by atoms with Gasteiger partial charge in [0.25, 0.3) is 0 Å². The van der Waals surface area contributed by atoms with Crippen molar-refractivity contribution in [1.82, 2.24) is 0 Å². The molecule has 0 aromatic heterocycles. The largest absolute Gasteiger partial charge is 0.396 e. The Labute approximate surface area is 74.1 Å². The molecule has 1 nitrogen and oxygen atoms in total. The van der Waals surface area contributed by atoms with Crippen LogP contribution in [0.25, 0.3) is 0 Å². The summed E-state index contributed by atoms with van der Waals surface area (Å²) >= 11 is 0. The fraction of sp³-hybridized carbons (Fsp3) is 0.455. The second kappa shape index (κ2) is 4.27. The van der Waals surface area contributed by atoms with E-state index in [-0.39, 0.29) is 6.61 Å². The third kappa shape index (κ3) is 2.08. The van der Waals surface area contributed by atoms with Gasteiger partial charge in [-0.3, -0.25) is 0 Å². The summed E-state index contributed by atoms with van der Waals surface area (Å²) in [5.74, 6) is 0. The van der Waals surface area contributed by atoms with Gasteiger partial charge in [-0.1, -0.05) is 18.2 Å². The molecule has 1 rings (SSSR count). The zero-order valence-corrected chi connectivity index (χ0v) is 7.80. The first kappa shape index (κ1) is 9.27. The number of rotatable bonds is 3. The van der Waals surface area contributed by atoms with Gasteiger partial charge < -0.3 is 5.11 Å². The summed E-state index contributed by atoms with van der Waals surface area (Å²) in [5.41, 5.74) is 4.07. The van der Waals surface area contributed by atoms with E-state index in [1.807, 2.05) is 0 Å². The second-order valence-electron chi connectivity index (χ2n) is 3.20. The molecule has 0 heterocycles. The van der Waals surface area contributed by atoms with Crippen molar-refractivity contribution in [3.05, 3.63) is 34.9 Å². The maximum atomic E-state index is 8.71. The number of aryl methyl sites for hydroxylation is 2. The van der Waals surface area contributed by atoms with Crippen LogP contribution in [0.4, 0.5) is 0 Å². The lowest BCUT2D eigenvalue weighted by atomic mass is 9.99. The minimum Gasteiger partial charge on any atom is -0.396 e. The zero-order valence-electron chi connectivity index (χ0n) is 7.80. The smallest absolute Gasteiger partial charge is 0.0434 e.